The van der Waals surface area contributed by atoms with E-state index < -0.39 is 0 Å². The first-order valence-corrected chi connectivity index (χ1v) is 8.50. The van der Waals surface area contributed by atoms with Crippen LogP contribution < -0.4 is 10.6 Å². The van der Waals surface area contributed by atoms with E-state index in [1.807, 2.05) is 19.1 Å². The third-order valence-corrected chi connectivity index (χ3v) is 4.12. The summed E-state index contributed by atoms with van der Waals surface area (Å²) in [6.45, 7) is 1.73. The molecule has 8 nitrogen and oxygen atoms in total. The lowest BCUT2D eigenvalue weighted by Gasteiger charge is -2.09. The highest BCUT2D eigenvalue weighted by atomic mass is 79.9. The van der Waals surface area contributed by atoms with Gasteiger partial charge in [-0.2, -0.15) is 0 Å². The number of hydrogen-bond donors (Lipinski definition) is 2. The third-order valence-electron chi connectivity index (χ3n) is 3.59. The van der Waals surface area contributed by atoms with Crippen LogP contribution in [0.25, 0.3) is 5.69 Å². The Balaban J connectivity index is 1.58. The van der Waals surface area contributed by atoms with Gasteiger partial charge in [0.2, 0.25) is 5.91 Å². The lowest BCUT2D eigenvalue weighted by Crippen LogP contribution is -2.32. The molecule has 0 aliphatic heterocycles. The second-order valence-electron chi connectivity index (χ2n) is 5.49. The fraction of sp³-hybridized carbons (Fsp3) is 0.118. The van der Waals surface area contributed by atoms with Crippen LogP contribution in [0.4, 0.5) is 5.69 Å². The van der Waals surface area contributed by atoms with Crippen molar-refractivity contribution < 1.29 is 9.59 Å². The van der Waals surface area contributed by atoms with Gasteiger partial charge in [-0.1, -0.05) is 15.9 Å². The molecule has 1 aromatic heterocycles. The Labute approximate surface area is 157 Å². The molecule has 1 heterocycles. The van der Waals surface area contributed by atoms with Gasteiger partial charge in [-0.25, -0.2) is 4.68 Å². The monoisotopic (exact) mass is 414 g/mol. The standard InChI is InChI=1S/C17H15BrN6O2/c1-11-8-12(2-7-15(11)24-10-20-22-23-24)17(26)19-9-16(25)21-14-5-3-13(18)4-6-14/h2-8,10H,9H2,1H3,(H,19,26)(H,21,25). The molecule has 0 atom stereocenters. The Morgan fingerprint density at radius 2 is 1.92 bits per heavy atom. The van der Waals surface area contributed by atoms with Crippen LogP contribution in [-0.2, 0) is 4.79 Å². The van der Waals surface area contributed by atoms with E-state index in [9.17, 15) is 9.59 Å². The molecule has 0 aliphatic carbocycles. The summed E-state index contributed by atoms with van der Waals surface area (Å²) >= 11 is 3.33. The highest BCUT2D eigenvalue weighted by Gasteiger charge is 2.11. The molecule has 0 fully saturated rings. The van der Waals surface area contributed by atoms with Crippen LogP contribution in [0.3, 0.4) is 0 Å². The maximum atomic E-state index is 12.3. The molecule has 3 rings (SSSR count). The summed E-state index contributed by atoms with van der Waals surface area (Å²) in [7, 11) is 0. The highest BCUT2D eigenvalue weighted by molar-refractivity contribution is 9.10. The number of benzene rings is 2. The van der Waals surface area contributed by atoms with Gasteiger partial charge in [0.25, 0.3) is 5.91 Å². The van der Waals surface area contributed by atoms with Crippen LogP contribution in [0.1, 0.15) is 15.9 Å². The van der Waals surface area contributed by atoms with Gasteiger partial charge in [0.05, 0.1) is 12.2 Å². The van der Waals surface area contributed by atoms with Gasteiger partial charge in [-0.3, -0.25) is 9.59 Å². The number of hydrogen-bond acceptors (Lipinski definition) is 5. The number of halogens is 1. The van der Waals surface area contributed by atoms with Crippen LogP contribution in [0.15, 0.2) is 53.3 Å². The Hall–Kier alpha value is -3.07. The molecule has 0 saturated heterocycles. The van der Waals surface area contributed by atoms with E-state index in [-0.39, 0.29) is 18.4 Å². The van der Waals surface area contributed by atoms with E-state index in [4.69, 9.17) is 0 Å². The molecule has 2 amide bonds. The minimum Gasteiger partial charge on any atom is -0.343 e. The number of aryl methyl sites for hydroxylation is 1. The minimum absolute atomic E-state index is 0.122. The zero-order valence-electron chi connectivity index (χ0n) is 13.8. The predicted octanol–water partition coefficient (Wildman–Crippen LogP) is 2.10. The average molecular weight is 415 g/mol. The Kier molecular flexibility index (Phi) is 5.37. The minimum atomic E-state index is -0.331. The van der Waals surface area contributed by atoms with E-state index in [1.54, 1.807) is 30.3 Å². The summed E-state index contributed by atoms with van der Waals surface area (Å²) in [5, 5.41) is 16.3. The summed E-state index contributed by atoms with van der Waals surface area (Å²) < 4.78 is 2.44. The number of aromatic nitrogens is 4. The molecule has 0 bridgehead atoms. The number of nitrogens with one attached hydrogen (secondary N) is 2. The molecule has 9 heteroatoms. The molecule has 0 saturated carbocycles. The first-order chi connectivity index (χ1) is 12.5. The number of tetrazole rings is 1. The van der Waals surface area contributed by atoms with Crippen LogP contribution in [0, 0.1) is 6.92 Å². The quantitative estimate of drug-likeness (QED) is 0.665. The fourth-order valence-corrected chi connectivity index (χ4v) is 2.59. The lowest BCUT2D eigenvalue weighted by atomic mass is 10.1. The highest BCUT2D eigenvalue weighted by Crippen LogP contribution is 2.15. The van der Waals surface area contributed by atoms with Gasteiger partial charge in [0.1, 0.15) is 6.33 Å². The lowest BCUT2D eigenvalue weighted by molar-refractivity contribution is -0.115. The van der Waals surface area contributed by atoms with Crippen molar-refractivity contribution in [2.75, 3.05) is 11.9 Å². The molecular weight excluding hydrogens is 400 g/mol. The first-order valence-electron chi connectivity index (χ1n) is 7.70. The molecule has 0 unspecified atom stereocenters. The third kappa shape index (κ3) is 4.31. The molecular formula is C17H15BrN6O2. The number of carbonyl (C=O) groups is 2. The Morgan fingerprint density at radius 1 is 1.15 bits per heavy atom. The summed E-state index contributed by atoms with van der Waals surface area (Å²) in [6, 6.07) is 12.3. The molecule has 2 N–H and O–H groups in total. The van der Waals surface area contributed by atoms with Gasteiger partial charge < -0.3 is 10.6 Å². The van der Waals surface area contributed by atoms with E-state index in [1.165, 1.54) is 11.0 Å². The van der Waals surface area contributed by atoms with Crippen LogP contribution in [-0.4, -0.2) is 38.6 Å². The zero-order chi connectivity index (χ0) is 18.5. The van der Waals surface area contributed by atoms with E-state index in [0.29, 0.717) is 11.3 Å². The number of amides is 2. The number of rotatable bonds is 5. The van der Waals surface area contributed by atoms with Gasteiger partial charge in [0.15, 0.2) is 0 Å². The summed E-state index contributed by atoms with van der Waals surface area (Å²) in [4.78, 5) is 24.2. The van der Waals surface area contributed by atoms with Gasteiger partial charge in [-0.05, 0) is 65.4 Å². The summed E-state index contributed by atoms with van der Waals surface area (Å²) in [5.74, 6) is -0.634. The van der Waals surface area contributed by atoms with Gasteiger partial charge >= 0.3 is 0 Å². The SMILES string of the molecule is Cc1cc(C(=O)NCC(=O)Nc2ccc(Br)cc2)ccc1-n1cnnn1. The first kappa shape index (κ1) is 17.7. The van der Waals surface area contributed by atoms with Crippen molar-refractivity contribution in [1.29, 1.82) is 0 Å². The zero-order valence-corrected chi connectivity index (χ0v) is 15.4. The molecule has 2 aromatic carbocycles. The van der Waals surface area contributed by atoms with Crippen LogP contribution >= 0.6 is 15.9 Å². The number of nitrogens with zero attached hydrogens (tertiary/aromatic N) is 4. The van der Waals surface area contributed by atoms with Crippen molar-refractivity contribution in [1.82, 2.24) is 25.5 Å². The van der Waals surface area contributed by atoms with E-state index in [0.717, 1.165) is 15.7 Å². The van der Waals surface area contributed by atoms with Gasteiger partial charge in [-0.15, -0.1) is 5.10 Å². The molecule has 26 heavy (non-hydrogen) atoms. The molecule has 132 valence electrons. The second kappa shape index (κ2) is 7.87. The van der Waals surface area contributed by atoms with Crippen LogP contribution in [0.5, 0.6) is 0 Å². The summed E-state index contributed by atoms with van der Waals surface area (Å²) in [5.41, 5.74) is 2.73. The normalized spacial score (nSPS) is 10.4. The second-order valence-corrected chi connectivity index (χ2v) is 6.41. The van der Waals surface area contributed by atoms with E-state index in [2.05, 4.69) is 42.1 Å². The van der Waals surface area contributed by atoms with Crippen LogP contribution in [0.2, 0.25) is 0 Å². The Bertz CT molecular complexity index is 925. The molecule has 0 aliphatic rings. The topological polar surface area (TPSA) is 102 Å². The Morgan fingerprint density at radius 3 is 2.58 bits per heavy atom. The van der Waals surface area contributed by atoms with Crippen molar-refractivity contribution >= 4 is 33.4 Å². The number of carbonyl (C=O) groups excluding carboxylic acids is 2. The van der Waals surface area contributed by atoms with Crippen molar-refractivity contribution in [2.45, 2.75) is 6.92 Å². The average Bonchev–Trinajstić information content (AvgIpc) is 3.16. The molecule has 3 aromatic rings. The number of anilines is 1. The smallest absolute Gasteiger partial charge is 0.251 e. The maximum absolute atomic E-state index is 12.3. The summed E-state index contributed by atoms with van der Waals surface area (Å²) in [6.07, 6.45) is 1.48. The van der Waals surface area contributed by atoms with Crippen molar-refractivity contribution in [2.24, 2.45) is 0 Å². The van der Waals surface area contributed by atoms with Crippen molar-refractivity contribution in [3.05, 3.63) is 64.4 Å². The maximum Gasteiger partial charge on any atom is 0.251 e. The van der Waals surface area contributed by atoms with E-state index >= 15 is 0 Å². The van der Waals surface area contributed by atoms with Gasteiger partial charge in [0, 0.05) is 15.7 Å². The molecule has 0 spiro atoms. The largest absolute Gasteiger partial charge is 0.343 e. The van der Waals surface area contributed by atoms with Crippen molar-refractivity contribution in [3.8, 4) is 5.69 Å². The van der Waals surface area contributed by atoms with Crippen molar-refractivity contribution in [3.63, 3.8) is 0 Å². The fourth-order valence-electron chi connectivity index (χ4n) is 2.33. The predicted molar refractivity (Wildman–Crippen MR) is 99.0 cm³/mol. The molecule has 0 radical (unpaired) electrons.